The van der Waals surface area contributed by atoms with Crippen molar-refractivity contribution in [2.75, 3.05) is 13.2 Å². The van der Waals surface area contributed by atoms with E-state index in [4.69, 9.17) is 14.2 Å². The average Bonchev–Trinajstić information content (AvgIpc) is 1.95. The normalized spacial score (nSPS) is 33.1. The summed E-state index contributed by atoms with van der Waals surface area (Å²) in [6.07, 6.45) is 0.233. The molecule has 3 heteroatoms. The highest BCUT2D eigenvalue weighted by molar-refractivity contribution is 4.72. The smallest absolute Gasteiger partial charge is 0.271 e. The maximum absolute atomic E-state index is 5.45. The first kappa shape index (κ1) is 8.40. The molecule has 0 bridgehead atoms. The molecule has 0 spiro atoms. The summed E-state index contributed by atoms with van der Waals surface area (Å²) < 4.78 is 15.7. The van der Waals surface area contributed by atoms with Gasteiger partial charge >= 0.3 is 0 Å². The predicted molar refractivity (Wildman–Crippen MR) is 41.1 cm³/mol. The number of ether oxygens (including phenoxy) is 3. The van der Waals surface area contributed by atoms with Gasteiger partial charge in [0.1, 0.15) is 13.2 Å². The predicted octanol–water partition coefficient (Wildman–Crippen LogP) is 1.30. The first-order chi connectivity index (χ1) is 5.18. The van der Waals surface area contributed by atoms with Crippen LogP contribution in [0.15, 0.2) is 12.5 Å². The van der Waals surface area contributed by atoms with Crippen molar-refractivity contribution in [1.82, 2.24) is 0 Å². The molecule has 2 unspecified atom stereocenters. The van der Waals surface area contributed by atoms with E-state index in [0.717, 1.165) is 0 Å². The van der Waals surface area contributed by atoms with E-state index in [0.29, 0.717) is 19.2 Å². The Morgan fingerprint density at radius 1 is 1.18 bits per heavy atom. The molecule has 1 aliphatic rings. The van der Waals surface area contributed by atoms with Gasteiger partial charge in [0.15, 0.2) is 0 Å². The molecule has 0 radical (unpaired) electrons. The molecule has 1 fully saturated rings. The molecule has 1 saturated heterocycles. The van der Waals surface area contributed by atoms with E-state index >= 15 is 0 Å². The summed E-state index contributed by atoms with van der Waals surface area (Å²) in [4.78, 5) is 0. The van der Waals surface area contributed by atoms with Gasteiger partial charge in [0.25, 0.3) is 5.95 Å². The maximum atomic E-state index is 5.45. The summed E-state index contributed by atoms with van der Waals surface area (Å²) in [6, 6.07) is 0. The summed E-state index contributed by atoms with van der Waals surface area (Å²) in [6.45, 7) is 8.55. The van der Waals surface area contributed by atoms with Crippen molar-refractivity contribution >= 4 is 0 Å². The van der Waals surface area contributed by atoms with Gasteiger partial charge in [0, 0.05) is 0 Å². The van der Waals surface area contributed by atoms with Gasteiger partial charge in [0.2, 0.25) is 0 Å². The van der Waals surface area contributed by atoms with Crippen LogP contribution in [0.25, 0.3) is 0 Å². The Morgan fingerprint density at radius 3 is 2.09 bits per heavy atom. The fourth-order valence-electron chi connectivity index (χ4n) is 0.937. The van der Waals surface area contributed by atoms with Crippen LogP contribution >= 0.6 is 0 Å². The molecule has 1 rings (SSSR count). The number of rotatable bonds is 0. The summed E-state index contributed by atoms with van der Waals surface area (Å²) >= 11 is 0. The summed E-state index contributed by atoms with van der Waals surface area (Å²) in [5.74, 6) is 0.395. The van der Waals surface area contributed by atoms with Crippen LogP contribution in [-0.2, 0) is 14.2 Å². The zero-order valence-electron chi connectivity index (χ0n) is 7.00. The fourth-order valence-corrected chi connectivity index (χ4v) is 0.937. The van der Waals surface area contributed by atoms with E-state index in [2.05, 4.69) is 6.58 Å². The van der Waals surface area contributed by atoms with Gasteiger partial charge in [-0.2, -0.15) is 0 Å². The van der Waals surface area contributed by atoms with Crippen LogP contribution in [0.5, 0.6) is 0 Å². The van der Waals surface area contributed by atoms with Gasteiger partial charge in [-0.15, -0.1) is 0 Å². The summed E-state index contributed by atoms with van der Waals surface area (Å²) in [5.41, 5.74) is 0. The topological polar surface area (TPSA) is 27.7 Å². The Morgan fingerprint density at radius 2 is 1.64 bits per heavy atom. The van der Waals surface area contributed by atoms with E-state index in [1.165, 1.54) is 0 Å². The molecule has 0 aromatic carbocycles. The Balaban J connectivity index is 2.40. The molecule has 0 aliphatic carbocycles. The van der Waals surface area contributed by atoms with Crippen molar-refractivity contribution in [2.45, 2.75) is 26.1 Å². The number of hydrogen-bond acceptors (Lipinski definition) is 3. The molecular formula is C8H14O3. The minimum atomic E-state index is 0.116. The molecule has 1 aliphatic heterocycles. The first-order valence-corrected chi connectivity index (χ1v) is 3.78. The van der Waals surface area contributed by atoms with Crippen LogP contribution in [0, 0.1) is 0 Å². The number of hydrogen-bond donors (Lipinski definition) is 0. The molecule has 3 nitrogen and oxygen atoms in total. The molecule has 0 saturated carbocycles. The first-order valence-electron chi connectivity index (χ1n) is 3.78. The highest BCUT2D eigenvalue weighted by Crippen LogP contribution is 2.08. The quantitative estimate of drug-likeness (QED) is 0.531. The lowest BCUT2D eigenvalue weighted by atomic mass is 10.4. The lowest BCUT2D eigenvalue weighted by Gasteiger charge is -2.24. The minimum absolute atomic E-state index is 0.116. The Kier molecular flexibility index (Phi) is 2.76. The molecule has 11 heavy (non-hydrogen) atoms. The Labute approximate surface area is 66.9 Å². The van der Waals surface area contributed by atoms with Gasteiger partial charge in [-0.25, -0.2) is 0 Å². The van der Waals surface area contributed by atoms with Crippen LogP contribution in [0.4, 0.5) is 0 Å². The Hall–Kier alpha value is -0.700. The molecule has 64 valence electrons. The third-order valence-corrected chi connectivity index (χ3v) is 1.42. The standard InChI is InChI=1S/C8H14O3/c1-6-4-9-8(3)10-5-7(2)11-6/h6-7H,3-5H2,1-2H3. The van der Waals surface area contributed by atoms with Gasteiger partial charge in [0.05, 0.1) is 12.2 Å². The van der Waals surface area contributed by atoms with Crippen LogP contribution < -0.4 is 0 Å². The van der Waals surface area contributed by atoms with Crippen molar-refractivity contribution in [3.8, 4) is 0 Å². The SMILES string of the molecule is C=C1OCC(C)OC(C)CO1. The second-order valence-corrected chi connectivity index (χ2v) is 2.75. The lowest BCUT2D eigenvalue weighted by molar-refractivity contribution is -0.112. The monoisotopic (exact) mass is 158 g/mol. The zero-order chi connectivity index (χ0) is 8.27. The molecule has 0 amide bonds. The second kappa shape index (κ2) is 3.62. The van der Waals surface area contributed by atoms with Crippen molar-refractivity contribution in [1.29, 1.82) is 0 Å². The van der Waals surface area contributed by atoms with Crippen LogP contribution in [0.2, 0.25) is 0 Å². The summed E-state index contributed by atoms with van der Waals surface area (Å²) in [7, 11) is 0. The van der Waals surface area contributed by atoms with Crippen LogP contribution in [-0.4, -0.2) is 25.4 Å². The highest BCUT2D eigenvalue weighted by atomic mass is 16.7. The second-order valence-electron chi connectivity index (χ2n) is 2.75. The minimum Gasteiger partial charge on any atom is -0.463 e. The fraction of sp³-hybridized carbons (Fsp3) is 0.750. The van der Waals surface area contributed by atoms with Gasteiger partial charge in [-0.05, 0) is 20.4 Å². The molecule has 1 heterocycles. The third kappa shape index (κ3) is 2.80. The zero-order valence-corrected chi connectivity index (χ0v) is 7.00. The van der Waals surface area contributed by atoms with E-state index in [9.17, 15) is 0 Å². The molecule has 2 atom stereocenters. The third-order valence-electron chi connectivity index (χ3n) is 1.42. The summed E-state index contributed by atoms with van der Waals surface area (Å²) in [5, 5.41) is 0. The van der Waals surface area contributed by atoms with E-state index in [1.54, 1.807) is 0 Å². The average molecular weight is 158 g/mol. The van der Waals surface area contributed by atoms with Crippen LogP contribution in [0.3, 0.4) is 0 Å². The largest absolute Gasteiger partial charge is 0.463 e. The molecular weight excluding hydrogens is 144 g/mol. The van der Waals surface area contributed by atoms with Crippen LogP contribution in [0.1, 0.15) is 13.8 Å². The van der Waals surface area contributed by atoms with E-state index < -0.39 is 0 Å². The van der Waals surface area contributed by atoms with E-state index in [1.807, 2.05) is 13.8 Å². The van der Waals surface area contributed by atoms with Crippen molar-refractivity contribution in [3.05, 3.63) is 12.5 Å². The lowest BCUT2D eigenvalue weighted by Crippen LogP contribution is -2.28. The maximum Gasteiger partial charge on any atom is 0.271 e. The van der Waals surface area contributed by atoms with Gasteiger partial charge < -0.3 is 14.2 Å². The molecule has 0 aromatic heterocycles. The van der Waals surface area contributed by atoms with Crippen molar-refractivity contribution < 1.29 is 14.2 Å². The molecule has 0 N–H and O–H groups in total. The Bertz CT molecular complexity index is 130. The van der Waals surface area contributed by atoms with Gasteiger partial charge in [-0.3, -0.25) is 0 Å². The van der Waals surface area contributed by atoms with Crippen molar-refractivity contribution in [3.63, 3.8) is 0 Å². The van der Waals surface area contributed by atoms with Crippen molar-refractivity contribution in [2.24, 2.45) is 0 Å². The highest BCUT2D eigenvalue weighted by Gasteiger charge is 2.14. The van der Waals surface area contributed by atoms with Gasteiger partial charge in [-0.1, -0.05) is 0 Å². The van der Waals surface area contributed by atoms with E-state index in [-0.39, 0.29) is 12.2 Å². The molecule has 0 aromatic rings.